The highest BCUT2D eigenvalue weighted by atomic mass is 79.9. The third-order valence-corrected chi connectivity index (χ3v) is 4.44. The van der Waals surface area contributed by atoms with Crippen molar-refractivity contribution in [2.75, 3.05) is 0 Å². The summed E-state index contributed by atoms with van der Waals surface area (Å²) in [5.74, 6) is 0. The third-order valence-electron chi connectivity index (χ3n) is 3.22. The van der Waals surface area contributed by atoms with Gasteiger partial charge in [-0.25, -0.2) is 0 Å². The summed E-state index contributed by atoms with van der Waals surface area (Å²) in [7, 11) is 0. The summed E-state index contributed by atoms with van der Waals surface area (Å²) in [6.45, 7) is 4.38. The fourth-order valence-electron chi connectivity index (χ4n) is 2.16. The van der Waals surface area contributed by atoms with Gasteiger partial charge in [-0.3, -0.25) is 0 Å². The smallest absolute Gasteiger partial charge is 0.0308 e. The van der Waals surface area contributed by atoms with Crippen LogP contribution in [0.1, 0.15) is 37.1 Å². The molecular formula is C16H17Br2N. The third kappa shape index (κ3) is 3.91. The minimum absolute atomic E-state index is 0.296. The van der Waals surface area contributed by atoms with Gasteiger partial charge in [0.25, 0.3) is 0 Å². The van der Waals surface area contributed by atoms with Gasteiger partial charge >= 0.3 is 0 Å². The molecule has 0 spiro atoms. The Labute approximate surface area is 131 Å². The average molecular weight is 383 g/mol. The summed E-state index contributed by atoms with van der Waals surface area (Å²) in [5, 5.41) is 3.63. The zero-order valence-electron chi connectivity index (χ0n) is 11.0. The summed E-state index contributed by atoms with van der Waals surface area (Å²) in [6, 6.07) is 17.4. The van der Waals surface area contributed by atoms with Crippen LogP contribution in [-0.4, -0.2) is 0 Å². The van der Waals surface area contributed by atoms with Crippen LogP contribution in [0.3, 0.4) is 0 Å². The highest BCUT2D eigenvalue weighted by molar-refractivity contribution is 9.10. The SMILES string of the molecule is CC(N[C@@H](C)c1ccccc1Br)c1cccc(Br)c1. The van der Waals surface area contributed by atoms with Crippen LogP contribution in [0.15, 0.2) is 57.5 Å². The highest BCUT2D eigenvalue weighted by Gasteiger charge is 2.13. The van der Waals surface area contributed by atoms with E-state index < -0.39 is 0 Å². The van der Waals surface area contributed by atoms with E-state index in [4.69, 9.17) is 0 Å². The van der Waals surface area contributed by atoms with Crippen LogP contribution < -0.4 is 5.32 Å². The van der Waals surface area contributed by atoms with E-state index in [1.54, 1.807) is 0 Å². The molecule has 19 heavy (non-hydrogen) atoms. The predicted molar refractivity (Wildman–Crippen MR) is 88.2 cm³/mol. The van der Waals surface area contributed by atoms with Crippen LogP contribution in [0.5, 0.6) is 0 Å². The molecule has 2 rings (SSSR count). The Morgan fingerprint density at radius 2 is 1.63 bits per heavy atom. The fourth-order valence-corrected chi connectivity index (χ4v) is 3.21. The van der Waals surface area contributed by atoms with E-state index in [0.29, 0.717) is 12.1 Å². The van der Waals surface area contributed by atoms with Gasteiger partial charge in [-0.05, 0) is 43.2 Å². The topological polar surface area (TPSA) is 12.0 Å². The maximum Gasteiger partial charge on any atom is 0.0308 e. The molecule has 0 aromatic heterocycles. The van der Waals surface area contributed by atoms with Gasteiger partial charge in [0.05, 0.1) is 0 Å². The lowest BCUT2D eigenvalue weighted by molar-refractivity contribution is 0.493. The number of rotatable bonds is 4. The van der Waals surface area contributed by atoms with Gasteiger partial charge in [-0.2, -0.15) is 0 Å². The van der Waals surface area contributed by atoms with Gasteiger partial charge in [-0.15, -0.1) is 0 Å². The minimum atomic E-state index is 0.296. The molecule has 2 aromatic rings. The van der Waals surface area contributed by atoms with Gasteiger partial charge in [0, 0.05) is 21.0 Å². The maximum atomic E-state index is 3.63. The van der Waals surface area contributed by atoms with Crippen molar-refractivity contribution in [2.24, 2.45) is 0 Å². The Hall–Kier alpha value is -0.640. The molecule has 100 valence electrons. The minimum Gasteiger partial charge on any atom is -0.304 e. The zero-order chi connectivity index (χ0) is 13.8. The van der Waals surface area contributed by atoms with E-state index in [1.165, 1.54) is 11.1 Å². The summed E-state index contributed by atoms with van der Waals surface area (Å²) in [5.41, 5.74) is 2.57. The first-order valence-electron chi connectivity index (χ1n) is 6.34. The van der Waals surface area contributed by atoms with Crippen LogP contribution in [0.2, 0.25) is 0 Å². The summed E-state index contributed by atoms with van der Waals surface area (Å²) >= 11 is 7.13. The van der Waals surface area contributed by atoms with Crippen molar-refractivity contribution < 1.29 is 0 Å². The lowest BCUT2D eigenvalue weighted by Gasteiger charge is -2.22. The lowest BCUT2D eigenvalue weighted by Crippen LogP contribution is -2.22. The predicted octanol–water partition coefficient (Wildman–Crippen LogP) is 5.62. The first-order chi connectivity index (χ1) is 9.08. The van der Waals surface area contributed by atoms with E-state index in [9.17, 15) is 0 Å². The Kier molecular flexibility index (Phi) is 5.20. The average Bonchev–Trinajstić information content (AvgIpc) is 2.39. The van der Waals surface area contributed by atoms with E-state index in [-0.39, 0.29) is 0 Å². The molecule has 0 bridgehead atoms. The summed E-state index contributed by atoms with van der Waals surface area (Å²) < 4.78 is 2.27. The Morgan fingerprint density at radius 3 is 2.32 bits per heavy atom. The molecule has 0 aliphatic rings. The molecule has 2 aromatic carbocycles. The van der Waals surface area contributed by atoms with Crippen molar-refractivity contribution in [1.82, 2.24) is 5.32 Å². The van der Waals surface area contributed by atoms with Crippen LogP contribution in [0.4, 0.5) is 0 Å². The Bertz CT molecular complexity index is 554. The largest absolute Gasteiger partial charge is 0.304 e. The van der Waals surface area contributed by atoms with Gasteiger partial charge in [0.15, 0.2) is 0 Å². The van der Waals surface area contributed by atoms with Crippen molar-refractivity contribution in [1.29, 1.82) is 0 Å². The zero-order valence-corrected chi connectivity index (χ0v) is 14.2. The first-order valence-corrected chi connectivity index (χ1v) is 7.92. The lowest BCUT2D eigenvalue weighted by atomic mass is 10.0. The molecule has 1 nitrogen and oxygen atoms in total. The maximum absolute atomic E-state index is 3.63. The van der Waals surface area contributed by atoms with Crippen LogP contribution in [-0.2, 0) is 0 Å². The monoisotopic (exact) mass is 381 g/mol. The molecule has 0 saturated carbocycles. The van der Waals surface area contributed by atoms with E-state index in [2.05, 4.69) is 87.4 Å². The molecule has 1 unspecified atom stereocenters. The Morgan fingerprint density at radius 1 is 0.895 bits per heavy atom. The molecular weight excluding hydrogens is 366 g/mol. The number of hydrogen-bond donors (Lipinski definition) is 1. The van der Waals surface area contributed by atoms with Crippen molar-refractivity contribution in [3.8, 4) is 0 Å². The molecule has 0 heterocycles. The second kappa shape index (κ2) is 6.69. The normalized spacial score (nSPS) is 14.1. The molecule has 0 fully saturated rings. The molecule has 0 aliphatic carbocycles. The number of nitrogens with one attached hydrogen (secondary N) is 1. The fraction of sp³-hybridized carbons (Fsp3) is 0.250. The summed E-state index contributed by atoms with van der Waals surface area (Å²) in [4.78, 5) is 0. The van der Waals surface area contributed by atoms with Crippen molar-refractivity contribution >= 4 is 31.9 Å². The molecule has 3 heteroatoms. The van der Waals surface area contributed by atoms with E-state index >= 15 is 0 Å². The van der Waals surface area contributed by atoms with Gasteiger partial charge in [-0.1, -0.05) is 62.2 Å². The van der Waals surface area contributed by atoms with Gasteiger partial charge in [0.1, 0.15) is 0 Å². The molecule has 1 N–H and O–H groups in total. The van der Waals surface area contributed by atoms with Crippen LogP contribution in [0.25, 0.3) is 0 Å². The van der Waals surface area contributed by atoms with Crippen LogP contribution >= 0.6 is 31.9 Å². The van der Waals surface area contributed by atoms with Crippen molar-refractivity contribution in [3.05, 3.63) is 68.6 Å². The second-order valence-electron chi connectivity index (χ2n) is 4.69. The quantitative estimate of drug-likeness (QED) is 0.723. The number of benzene rings is 2. The summed E-state index contributed by atoms with van der Waals surface area (Å²) in [6.07, 6.45) is 0. The van der Waals surface area contributed by atoms with Gasteiger partial charge in [0.2, 0.25) is 0 Å². The van der Waals surface area contributed by atoms with Crippen molar-refractivity contribution in [2.45, 2.75) is 25.9 Å². The Balaban J connectivity index is 2.11. The molecule has 0 amide bonds. The molecule has 0 saturated heterocycles. The number of halogens is 2. The van der Waals surface area contributed by atoms with E-state index in [0.717, 1.165) is 8.95 Å². The molecule has 2 atom stereocenters. The van der Waals surface area contributed by atoms with Gasteiger partial charge < -0.3 is 5.32 Å². The molecule has 0 aliphatic heterocycles. The van der Waals surface area contributed by atoms with Crippen LogP contribution in [0, 0.1) is 0 Å². The second-order valence-corrected chi connectivity index (χ2v) is 6.46. The highest BCUT2D eigenvalue weighted by Crippen LogP contribution is 2.26. The standard InChI is InChI=1S/C16H17Br2N/c1-11(13-6-5-7-14(17)10-13)19-12(2)15-8-3-4-9-16(15)18/h3-12,19H,1-2H3/t11?,12-/m0/s1. The molecule has 0 radical (unpaired) electrons. The van der Waals surface area contributed by atoms with E-state index in [1.807, 2.05) is 12.1 Å². The first kappa shape index (κ1) is 14.8. The number of hydrogen-bond acceptors (Lipinski definition) is 1. The van der Waals surface area contributed by atoms with Crippen molar-refractivity contribution in [3.63, 3.8) is 0 Å².